The first-order valence-electron chi connectivity index (χ1n) is 13.6. The number of carbonyl (C=O) groups is 1. The summed E-state index contributed by atoms with van der Waals surface area (Å²) in [6, 6.07) is 0. The number of unbranched alkanes of at least 4 members (excludes halogenated alkanes) is 15. The lowest BCUT2D eigenvalue weighted by molar-refractivity contribution is 0.0144. The molecule has 31 heavy (non-hydrogen) atoms. The minimum absolute atomic E-state index is 0.158. The van der Waals surface area contributed by atoms with E-state index >= 15 is 0 Å². The van der Waals surface area contributed by atoms with Crippen LogP contribution in [0, 0.1) is 0 Å². The van der Waals surface area contributed by atoms with Crippen molar-refractivity contribution < 1.29 is 9.53 Å². The van der Waals surface area contributed by atoms with Gasteiger partial charge in [-0.3, -0.25) is 4.90 Å². The molecule has 0 aromatic rings. The molecule has 0 radical (unpaired) electrons. The summed E-state index contributed by atoms with van der Waals surface area (Å²) in [5.74, 6) is 0. The van der Waals surface area contributed by atoms with Gasteiger partial charge in [0.05, 0.1) is 0 Å². The summed E-state index contributed by atoms with van der Waals surface area (Å²) in [6.07, 6.45) is 22.5. The number of hydrogen-bond donors (Lipinski definition) is 0. The Hall–Kier alpha value is -0.770. The van der Waals surface area contributed by atoms with Crippen LogP contribution >= 0.6 is 0 Å². The van der Waals surface area contributed by atoms with E-state index in [1.807, 2.05) is 25.7 Å². The van der Waals surface area contributed by atoms with Crippen molar-refractivity contribution in [2.45, 2.75) is 136 Å². The monoisotopic (exact) mass is 438 g/mol. The third-order valence-electron chi connectivity index (χ3n) is 6.35. The third-order valence-corrected chi connectivity index (χ3v) is 6.35. The van der Waals surface area contributed by atoms with Crippen molar-refractivity contribution >= 4 is 6.09 Å². The van der Waals surface area contributed by atoms with Gasteiger partial charge in [0.1, 0.15) is 5.60 Å². The highest BCUT2D eigenvalue weighted by Crippen LogP contribution is 2.15. The highest BCUT2D eigenvalue weighted by molar-refractivity contribution is 5.68. The van der Waals surface area contributed by atoms with Crippen molar-refractivity contribution in [3.8, 4) is 0 Å². The van der Waals surface area contributed by atoms with Crippen LogP contribution in [0.3, 0.4) is 0 Å². The van der Waals surface area contributed by atoms with Crippen molar-refractivity contribution in [2.75, 3.05) is 32.7 Å². The molecule has 184 valence electrons. The quantitative estimate of drug-likeness (QED) is 0.217. The van der Waals surface area contributed by atoms with Crippen LogP contribution in [-0.4, -0.2) is 54.2 Å². The topological polar surface area (TPSA) is 32.8 Å². The van der Waals surface area contributed by atoms with Crippen LogP contribution in [0.4, 0.5) is 4.79 Å². The van der Waals surface area contributed by atoms with Crippen LogP contribution in [0.2, 0.25) is 0 Å². The third kappa shape index (κ3) is 16.5. The molecule has 0 spiro atoms. The Bertz CT molecular complexity index is 425. The fraction of sp³-hybridized carbons (Fsp3) is 0.963. The van der Waals surface area contributed by atoms with E-state index in [1.165, 1.54) is 109 Å². The lowest BCUT2D eigenvalue weighted by Crippen LogP contribution is -2.50. The van der Waals surface area contributed by atoms with Gasteiger partial charge in [-0.2, -0.15) is 0 Å². The summed E-state index contributed by atoms with van der Waals surface area (Å²) in [5.41, 5.74) is -0.401. The molecule has 0 bridgehead atoms. The van der Waals surface area contributed by atoms with Gasteiger partial charge in [0.15, 0.2) is 0 Å². The molecule has 1 fully saturated rings. The van der Waals surface area contributed by atoms with Crippen molar-refractivity contribution in [1.82, 2.24) is 9.80 Å². The maximum Gasteiger partial charge on any atom is 0.410 e. The van der Waals surface area contributed by atoms with Crippen LogP contribution in [0.5, 0.6) is 0 Å². The minimum atomic E-state index is -0.401. The molecule has 1 amide bonds. The summed E-state index contributed by atoms with van der Waals surface area (Å²) in [6.45, 7) is 12.8. The minimum Gasteiger partial charge on any atom is -0.444 e. The predicted molar refractivity (Wildman–Crippen MR) is 134 cm³/mol. The lowest BCUT2D eigenvalue weighted by atomic mass is 10.0. The second kappa shape index (κ2) is 17.7. The number of hydrogen-bond acceptors (Lipinski definition) is 3. The normalized spacial score (nSPS) is 15.4. The molecule has 1 rings (SSSR count). The van der Waals surface area contributed by atoms with Crippen molar-refractivity contribution in [1.29, 1.82) is 0 Å². The second-order valence-electron chi connectivity index (χ2n) is 10.6. The number of ether oxygens (including phenoxy) is 1. The van der Waals surface area contributed by atoms with Gasteiger partial charge in [-0.1, -0.05) is 103 Å². The van der Waals surface area contributed by atoms with E-state index in [4.69, 9.17) is 4.74 Å². The molecule has 1 aliphatic rings. The van der Waals surface area contributed by atoms with E-state index in [2.05, 4.69) is 11.8 Å². The van der Waals surface area contributed by atoms with Crippen molar-refractivity contribution in [2.24, 2.45) is 0 Å². The van der Waals surface area contributed by atoms with Crippen LogP contribution < -0.4 is 0 Å². The highest BCUT2D eigenvalue weighted by atomic mass is 16.6. The van der Waals surface area contributed by atoms with Gasteiger partial charge >= 0.3 is 6.09 Å². The summed E-state index contributed by atoms with van der Waals surface area (Å²) in [7, 11) is 0. The Balaban J connectivity index is 1.83. The lowest BCUT2D eigenvalue weighted by Gasteiger charge is -2.35. The smallest absolute Gasteiger partial charge is 0.410 e. The standard InChI is InChI=1S/C27H54N2O2/c1-5-6-7-8-9-10-11-12-13-14-15-16-17-18-19-20-21-28-22-24-29(25-23-28)26(30)31-27(2,3)4/h5-25H2,1-4H3. The van der Waals surface area contributed by atoms with Crippen LogP contribution in [-0.2, 0) is 4.74 Å². The van der Waals surface area contributed by atoms with Gasteiger partial charge < -0.3 is 9.64 Å². The highest BCUT2D eigenvalue weighted by Gasteiger charge is 2.25. The van der Waals surface area contributed by atoms with Gasteiger partial charge in [0.2, 0.25) is 0 Å². The molecule has 0 aromatic heterocycles. The van der Waals surface area contributed by atoms with Crippen molar-refractivity contribution in [3.05, 3.63) is 0 Å². The zero-order valence-electron chi connectivity index (χ0n) is 21.6. The number of nitrogens with zero attached hydrogens (tertiary/aromatic N) is 2. The Labute approximate surface area is 194 Å². The first-order chi connectivity index (χ1) is 14.9. The Morgan fingerprint density at radius 2 is 1.03 bits per heavy atom. The van der Waals surface area contributed by atoms with Gasteiger partial charge in [-0.05, 0) is 33.7 Å². The zero-order chi connectivity index (χ0) is 22.8. The van der Waals surface area contributed by atoms with Gasteiger partial charge in [0, 0.05) is 26.2 Å². The SMILES string of the molecule is CCCCCCCCCCCCCCCCCCN1CCN(C(=O)OC(C)(C)C)CC1. The summed E-state index contributed by atoms with van der Waals surface area (Å²) in [4.78, 5) is 16.5. The Kier molecular flexibility index (Phi) is 16.2. The van der Waals surface area contributed by atoms with Gasteiger partial charge in [-0.25, -0.2) is 4.79 Å². The summed E-state index contributed by atoms with van der Waals surface area (Å²) < 4.78 is 5.47. The van der Waals surface area contributed by atoms with Gasteiger partial charge in [0.25, 0.3) is 0 Å². The molecule has 0 unspecified atom stereocenters. The number of rotatable bonds is 17. The van der Waals surface area contributed by atoms with Gasteiger partial charge in [-0.15, -0.1) is 0 Å². The largest absolute Gasteiger partial charge is 0.444 e. The molecule has 0 atom stereocenters. The number of amides is 1. The van der Waals surface area contributed by atoms with Crippen LogP contribution in [0.15, 0.2) is 0 Å². The van der Waals surface area contributed by atoms with E-state index in [0.29, 0.717) is 0 Å². The molecule has 0 saturated carbocycles. The molecule has 0 N–H and O–H groups in total. The molecule has 0 aromatic carbocycles. The Morgan fingerprint density at radius 3 is 1.42 bits per heavy atom. The molecule has 4 heteroatoms. The molecule has 1 aliphatic heterocycles. The summed E-state index contributed by atoms with van der Waals surface area (Å²) in [5, 5.41) is 0. The average Bonchev–Trinajstić information content (AvgIpc) is 2.72. The Morgan fingerprint density at radius 1 is 0.645 bits per heavy atom. The summed E-state index contributed by atoms with van der Waals surface area (Å²) >= 11 is 0. The molecular formula is C27H54N2O2. The first-order valence-corrected chi connectivity index (χ1v) is 13.6. The van der Waals surface area contributed by atoms with Crippen LogP contribution in [0.1, 0.15) is 130 Å². The fourth-order valence-corrected chi connectivity index (χ4v) is 4.36. The fourth-order valence-electron chi connectivity index (χ4n) is 4.36. The van der Waals surface area contributed by atoms with Crippen LogP contribution in [0.25, 0.3) is 0 Å². The second-order valence-corrected chi connectivity index (χ2v) is 10.6. The number of carbonyl (C=O) groups excluding carboxylic acids is 1. The molecular weight excluding hydrogens is 384 g/mol. The van der Waals surface area contributed by atoms with E-state index in [1.54, 1.807) is 0 Å². The zero-order valence-corrected chi connectivity index (χ0v) is 21.6. The van der Waals surface area contributed by atoms with Crippen molar-refractivity contribution in [3.63, 3.8) is 0 Å². The maximum absolute atomic E-state index is 12.1. The van der Waals surface area contributed by atoms with E-state index in [0.717, 1.165) is 26.2 Å². The van der Waals surface area contributed by atoms with E-state index < -0.39 is 5.60 Å². The maximum atomic E-state index is 12.1. The average molecular weight is 439 g/mol. The van der Waals surface area contributed by atoms with E-state index in [9.17, 15) is 4.79 Å². The number of piperazine rings is 1. The molecule has 1 heterocycles. The first kappa shape index (κ1) is 28.3. The van der Waals surface area contributed by atoms with E-state index in [-0.39, 0.29) is 6.09 Å². The molecule has 4 nitrogen and oxygen atoms in total. The molecule has 1 saturated heterocycles. The predicted octanol–water partition coefficient (Wildman–Crippen LogP) is 7.80. The molecule has 0 aliphatic carbocycles.